The van der Waals surface area contributed by atoms with Crippen molar-refractivity contribution < 1.29 is 14.3 Å². The van der Waals surface area contributed by atoms with Gasteiger partial charge in [0.2, 0.25) is 5.91 Å². The van der Waals surface area contributed by atoms with E-state index >= 15 is 0 Å². The van der Waals surface area contributed by atoms with Gasteiger partial charge in [-0.1, -0.05) is 30.3 Å². The van der Waals surface area contributed by atoms with Gasteiger partial charge in [0.05, 0.1) is 25.8 Å². The average Bonchev–Trinajstić information content (AvgIpc) is 2.52. The van der Waals surface area contributed by atoms with E-state index in [9.17, 15) is 9.59 Å². The molecule has 2 rings (SSSR count). The van der Waals surface area contributed by atoms with Crippen LogP contribution in [0.15, 0.2) is 30.3 Å². The summed E-state index contributed by atoms with van der Waals surface area (Å²) in [6, 6.07) is 9.33. The second kappa shape index (κ2) is 7.64. The second-order valence-electron chi connectivity index (χ2n) is 5.03. The van der Waals surface area contributed by atoms with E-state index in [0.29, 0.717) is 26.3 Å². The van der Waals surface area contributed by atoms with E-state index in [4.69, 9.17) is 4.74 Å². The number of nitrogens with zero attached hydrogens (tertiary/aromatic N) is 1. The number of morpholine rings is 1. The first-order valence-corrected chi connectivity index (χ1v) is 7.09. The first kappa shape index (κ1) is 15.3. The van der Waals surface area contributed by atoms with Gasteiger partial charge in [-0.3, -0.25) is 4.79 Å². The van der Waals surface area contributed by atoms with Crippen molar-refractivity contribution in [3.8, 4) is 0 Å². The van der Waals surface area contributed by atoms with Crippen LogP contribution in [0.3, 0.4) is 0 Å². The highest BCUT2D eigenvalue weighted by molar-refractivity contribution is 5.84. The molecule has 21 heavy (non-hydrogen) atoms. The Bertz CT molecular complexity index is 478. The van der Waals surface area contributed by atoms with E-state index < -0.39 is 0 Å². The maximum atomic E-state index is 12.0. The van der Waals surface area contributed by atoms with Gasteiger partial charge in [0.1, 0.15) is 0 Å². The summed E-state index contributed by atoms with van der Waals surface area (Å²) >= 11 is 0. The van der Waals surface area contributed by atoms with Crippen molar-refractivity contribution in [3.05, 3.63) is 35.9 Å². The molecular formula is C15H21N3O3. The van der Waals surface area contributed by atoms with E-state index in [1.807, 2.05) is 37.3 Å². The summed E-state index contributed by atoms with van der Waals surface area (Å²) in [5.74, 6) is -0.0827. The Morgan fingerprint density at radius 2 is 2.05 bits per heavy atom. The molecule has 1 heterocycles. The van der Waals surface area contributed by atoms with Crippen molar-refractivity contribution in [1.82, 2.24) is 15.5 Å². The van der Waals surface area contributed by atoms with Crippen LogP contribution in [0.5, 0.6) is 0 Å². The Kier molecular flexibility index (Phi) is 5.57. The number of rotatable bonds is 4. The molecule has 3 amide bonds. The molecule has 1 aliphatic heterocycles. The number of ether oxygens (including phenoxy) is 1. The summed E-state index contributed by atoms with van der Waals surface area (Å²) < 4.78 is 5.28. The minimum atomic E-state index is -0.340. The maximum absolute atomic E-state index is 12.0. The lowest BCUT2D eigenvalue weighted by Gasteiger charge is -2.33. The molecule has 1 fully saturated rings. The van der Waals surface area contributed by atoms with Crippen LogP contribution >= 0.6 is 0 Å². The van der Waals surface area contributed by atoms with Gasteiger partial charge in [0.15, 0.2) is 0 Å². The molecule has 1 aromatic rings. The molecule has 0 aliphatic carbocycles. The Labute approximate surface area is 124 Å². The normalized spacial score (nSPS) is 18.1. The predicted molar refractivity (Wildman–Crippen MR) is 78.7 cm³/mol. The highest BCUT2D eigenvalue weighted by Crippen LogP contribution is 2.05. The Balaban J connectivity index is 1.69. The van der Waals surface area contributed by atoms with Crippen LogP contribution < -0.4 is 10.6 Å². The fourth-order valence-corrected chi connectivity index (χ4v) is 2.20. The summed E-state index contributed by atoms with van der Waals surface area (Å²) in [4.78, 5) is 25.4. The smallest absolute Gasteiger partial charge is 0.315 e. The van der Waals surface area contributed by atoms with Gasteiger partial charge in [0, 0.05) is 13.1 Å². The minimum absolute atomic E-state index is 0.00492. The zero-order valence-electron chi connectivity index (χ0n) is 12.2. The van der Waals surface area contributed by atoms with Gasteiger partial charge in [-0.05, 0) is 12.5 Å². The minimum Gasteiger partial charge on any atom is -0.377 e. The first-order chi connectivity index (χ1) is 10.2. The van der Waals surface area contributed by atoms with E-state index in [-0.39, 0.29) is 24.5 Å². The summed E-state index contributed by atoms with van der Waals surface area (Å²) in [5.41, 5.74) is 1.01. The quantitative estimate of drug-likeness (QED) is 0.859. The maximum Gasteiger partial charge on any atom is 0.315 e. The molecule has 114 valence electrons. The molecule has 2 N–H and O–H groups in total. The highest BCUT2D eigenvalue weighted by Gasteiger charge is 2.23. The van der Waals surface area contributed by atoms with Crippen molar-refractivity contribution >= 4 is 11.9 Å². The number of amides is 3. The summed E-state index contributed by atoms with van der Waals surface area (Å²) in [7, 11) is 0. The van der Waals surface area contributed by atoms with E-state index in [1.54, 1.807) is 4.90 Å². The van der Waals surface area contributed by atoms with Crippen molar-refractivity contribution in [1.29, 1.82) is 0 Å². The lowest BCUT2D eigenvalue weighted by atomic mass is 10.2. The molecule has 1 atom stereocenters. The van der Waals surface area contributed by atoms with Crippen LogP contribution in [0.1, 0.15) is 12.5 Å². The van der Waals surface area contributed by atoms with Gasteiger partial charge in [-0.2, -0.15) is 0 Å². The molecule has 6 heteroatoms. The van der Waals surface area contributed by atoms with Crippen molar-refractivity contribution in [2.75, 3.05) is 26.3 Å². The number of urea groups is 1. The van der Waals surface area contributed by atoms with E-state index in [2.05, 4.69) is 10.6 Å². The number of nitrogens with one attached hydrogen (secondary N) is 2. The molecule has 0 saturated carbocycles. The van der Waals surface area contributed by atoms with Gasteiger partial charge in [0.25, 0.3) is 0 Å². The Morgan fingerprint density at radius 1 is 1.29 bits per heavy atom. The van der Waals surface area contributed by atoms with Crippen molar-refractivity contribution in [2.24, 2.45) is 0 Å². The number of carbonyl (C=O) groups is 2. The lowest BCUT2D eigenvalue weighted by Crippen LogP contribution is -2.51. The molecular weight excluding hydrogens is 270 g/mol. The number of hydrogen-bond acceptors (Lipinski definition) is 3. The number of carbonyl (C=O) groups excluding carboxylic acids is 2. The first-order valence-electron chi connectivity index (χ1n) is 7.09. The molecule has 1 unspecified atom stereocenters. The standard InChI is InChI=1S/C15H21N3O3/c1-12-11-21-8-7-18(12)14(19)10-17-15(20)16-9-13-5-3-2-4-6-13/h2-6,12H,7-11H2,1H3,(H2,16,17,20). The lowest BCUT2D eigenvalue weighted by molar-refractivity contribution is -0.137. The third-order valence-corrected chi connectivity index (χ3v) is 3.38. The monoisotopic (exact) mass is 291 g/mol. The fourth-order valence-electron chi connectivity index (χ4n) is 2.20. The molecule has 6 nitrogen and oxygen atoms in total. The average molecular weight is 291 g/mol. The van der Waals surface area contributed by atoms with Gasteiger partial charge in [-0.25, -0.2) is 4.79 Å². The van der Waals surface area contributed by atoms with Crippen molar-refractivity contribution in [3.63, 3.8) is 0 Å². The van der Waals surface area contributed by atoms with Crippen LogP contribution in [0.2, 0.25) is 0 Å². The predicted octanol–water partition coefficient (Wildman–Crippen LogP) is 0.733. The van der Waals surface area contributed by atoms with Crippen LogP contribution in [-0.4, -0.2) is 49.2 Å². The summed E-state index contributed by atoms with van der Waals surface area (Å²) in [5, 5.41) is 5.31. The molecule has 1 aromatic carbocycles. The topological polar surface area (TPSA) is 70.7 Å². The zero-order valence-corrected chi connectivity index (χ0v) is 12.2. The third-order valence-electron chi connectivity index (χ3n) is 3.38. The van der Waals surface area contributed by atoms with Crippen molar-refractivity contribution in [2.45, 2.75) is 19.5 Å². The Morgan fingerprint density at radius 3 is 2.76 bits per heavy atom. The summed E-state index contributed by atoms with van der Waals surface area (Å²) in [6.45, 7) is 4.06. The largest absolute Gasteiger partial charge is 0.377 e. The molecule has 0 spiro atoms. The third kappa shape index (κ3) is 4.75. The van der Waals surface area contributed by atoms with Crippen LogP contribution in [-0.2, 0) is 16.1 Å². The SMILES string of the molecule is CC1COCCN1C(=O)CNC(=O)NCc1ccccc1. The molecule has 1 saturated heterocycles. The van der Waals surface area contributed by atoms with Gasteiger partial charge in [-0.15, -0.1) is 0 Å². The Hall–Kier alpha value is -2.08. The zero-order chi connectivity index (χ0) is 15.1. The highest BCUT2D eigenvalue weighted by atomic mass is 16.5. The van der Waals surface area contributed by atoms with Gasteiger partial charge >= 0.3 is 6.03 Å². The van der Waals surface area contributed by atoms with Crippen LogP contribution in [0, 0.1) is 0 Å². The fraction of sp³-hybridized carbons (Fsp3) is 0.467. The summed E-state index contributed by atoms with van der Waals surface area (Å²) in [6.07, 6.45) is 0. The molecule has 0 aromatic heterocycles. The van der Waals surface area contributed by atoms with Crippen LogP contribution in [0.25, 0.3) is 0 Å². The van der Waals surface area contributed by atoms with E-state index in [1.165, 1.54) is 0 Å². The molecule has 1 aliphatic rings. The second-order valence-corrected chi connectivity index (χ2v) is 5.03. The number of benzene rings is 1. The molecule has 0 bridgehead atoms. The van der Waals surface area contributed by atoms with E-state index in [0.717, 1.165) is 5.56 Å². The number of hydrogen-bond donors (Lipinski definition) is 2. The van der Waals surface area contributed by atoms with Crippen LogP contribution in [0.4, 0.5) is 4.79 Å². The molecule has 0 radical (unpaired) electrons. The van der Waals surface area contributed by atoms with Gasteiger partial charge < -0.3 is 20.3 Å².